The Kier molecular flexibility index (Phi) is 5.63. The number of nitrogens with one attached hydrogen (secondary N) is 1. The third kappa shape index (κ3) is 3.46. The van der Waals surface area contributed by atoms with Gasteiger partial charge in [0.25, 0.3) is 0 Å². The lowest BCUT2D eigenvalue weighted by Crippen LogP contribution is -2.22. The minimum atomic E-state index is 0.302. The highest BCUT2D eigenvalue weighted by molar-refractivity contribution is 9.10. The number of aryl methyl sites for hydroxylation is 1. The molecule has 0 fully saturated rings. The molecule has 15 heavy (non-hydrogen) atoms. The van der Waals surface area contributed by atoms with E-state index < -0.39 is 0 Å². The van der Waals surface area contributed by atoms with E-state index in [0.29, 0.717) is 6.04 Å². The van der Waals surface area contributed by atoms with E-state index in [1.807, 2.05) is 30.5 Å². The molecular weight excluding hydrogens is 276 g/mol. The maximum Gasteiger partial charge on any atom is 0.153 e. The number of rotatable bonds is 6. The number of thioether (sulfide) groups is 1. The molecule has 0 spiro atoms. The largest absolute Gasteiger partial charge is 0.311 e. The minimum absolute atomic E-state index is 0.302. The first kappa shape index (κ1) is 13.0. The predicted octanol–water partition coefficient (Wildman–Crippen LogP) is 1.98. The number of hydrogen-bond acceptors (Lipinski definition) is 4. The molecule has 1 N–H and O–H groups in total. The van der Waals surface area contributed by atoms with Gasteiger partial charge >= 0.3 is 0 Å². The molecule has 1 unspecified atom stereocenters. The molecule has 6 heteroatoms. The van der Waals surface area contributed by atoms with E-state index in [1.165, 1.54) is 12.2 Å². The van der Waals surface area contributed by atoms with Crippen molar-refractivity contribution >= 4 is 27.7 Å². The van der Waals surface area contributed by atoms with Crippen molar-refractivity contribution < 1.29 is 0 Å². The van der Waals surface area contributed by atoms with Gasteiger partial charge in [0.15, 0.2) is 4.60 Å². The molecule has 1 atom stereocenters. The predicted molar refractivity (Wildman–Crippen MR) is 68.1 cm³/mol. The summed E-state index contributed by atoms with van der Waals surface area (Å²) in [7, 11) is 3.89. The summed E-state index contributed by atoms with van der Waals surface area (Å²) in [4.78, 5) is 0. The van der Waals surface area contributed by atoms with Crippen LogP contribution in [0.3, 0.4) is 0 Å². The molecule has 1 aromatic heterocycles. The molecule has 0 aliphatic heterocycles. The Hall–Kier alpha value is -0.0700. The molecule has 1 heterocycles. The topological polar surface area (TPSA) is 42.7 Å². The van der Waals surface area contributed by atoms with Crippen molar-refractivity contribution in [2.24, 2.45) is 7.05 Å². The smallest absolute Gasteiger partial charge is 0.153 e. The van der Waals surface area contributed by atoms with E-state index >= 15 is 0 Å². The summed E-state index contributed by atoms with van der Waals surface area (Å²) in [5.41, 5.74) is 1.11. The average molecular weight is 293 g/mol. The Morgan fingerprint density at radius 3 is 2.80 bits per heavy atom. The molecule has 0 bridgehead atoms. The SMILES string of the molecule is CCCSCC(NC)c1c(Br)nnn1C. The fourth-order valence-corrected chi connectivity index (χ4v) is 2.97. The minimum Gasteiger partial charge on any atom is -0.311 e. The van der Waals surface area contributed by atoms with Gasteiger partial charge in [0.1, 0.15) is 0 Å². The van der Waals surface area contributed by atoms with Gasteiger partial charge in [-0.25, -0.2) is 4.68 Å². The molecule has 0 saturated heterocycles. The maximum atomic E-state index is 3.99. The molecule has 0 saturated carbocycles. The second-order valence-electron chi connectivity index (χ2n) is 3.31. The third-order valence-electron chi connectivity index (χ3n) is 2.14. The van der Waals surface area contributed by atoms with Crippen molar-refractivity contribution in [3.63, 3.8) is 0 Å². The summed E-state index contributed by atoms with van der Waals surface area (Å²) >= 11 is 5.37. The van der Waals surface area contributed by atoms with Gasteiger partial charge in [-0.3, -0.25) is 0 Å². The average Bonchev–Trinajstić information content (AvgIpc) is 2.55. The van der Waals surface area contributed by atoms with Crippen molar-refractivity contribution in [1.82, 2.24) is 20.3 Å². The van der Waals surface area contributed by atoms with E-state index in [-0.39, 0.29) is 0 Å². The quantitative estimate of drug-likeness (QED) is 0.815. The summed E-state index contributed by atoms with van der Waals surface area (Å²) in [5.74, 6) is 2.24. The zero-order valence-electron chi connectivity index (χ0n) is 9.33. The highest BCUT2D eigenvalue weighted by atomic mass is 79.9. The molecule has 0 aliphatic carbocycles. The third-order valence-corrected chi connectivity index (χ3v) is 3.97. The lowest BCUT2D eigenvalue weighted by molar-refractivity contribution is 0.578. The Morgan fingerprint density at radius 2 is 2.33 bits per heavy atom. The molecule has 1 rings (SSSR count). The van der Waals surface area contributed by atoms with E-state index in [4.69, 9.17) is 0 Å². The van der Waals surface area contributed by atoms with Gasteiger partial charge in [0, 0.05) is 12.8 Å². The summed E-state index contributed by atoms with van der Waals surface area (Å²) in [6, 6.07) is 0.302. The van der Waals surface area contributed by atoms with Crippen LogP contribution < -0.4 is 5.32 Å². The number of nitrogens with zero attached hydrogens (tertiary/aromatic N) is 3. The molecule has 0 aromatic carbocycles. The first-order chi connectivity index (χ1) is 7.20. The van der Waals surface area contributed by atoms with Crippen molar-refractivity contribution in [3.8, 4) is 0 Å². The van der Waals surface area contributed by atoms with E-state index in [1.54, 1.807) is 0 Å². The lowest BCUT2D eigenvalue weighted by Gasteiger charge is -2.15. The van der Waals surface area contributed by atoms with Crippen LogP contribution in [-0.2, 0) is 7.05 Å². The first-order valence-corrected chi connectivity index (χ1v) is 6.95. The van der Waals surface area contributed by atoms with Crippen LogP contribution in [-0.4, -0.2) is 33.5 Å². The van der Waals surface area contributed by atoms with Crippen LogP contribution in [0.1, 0.15) is 25.1 Å². The summed E-state index contributed by atoms with van der Waals surface area (Å²) in [6.07, 6.45) is 1.21. The summed E-state index contributed by atoms with van der Waals surface area (Å²) < 4.78 is 2.65. The van der Waals surface area contributed by atoms with Gasteiger partial charge in [0.05, 0.1) is 11.7 Å². The Labute approximate surface area is 103 Å². The van der Waals surface area contributed by atoms with E-state index in [2.05, 4.69) is 38.5 Å². The van der Waals surface area contributed by atoms with Crippen molar-refractivity contribution in [2.45, 2.75) is 19.4 Å². The Balaban J connectivity index is 2.65. The summed E-state index contributed by atoms with van der Waals surface area (Å²) in [6.45, 7) is 2.20. The number of halogens is 1. The zero-order valence-corrected chi connectivity index (χ0v) is 11.7. The molecule has 0 radical (unpaired) electrons. The normalized spacial score (nSPS) is 13.1. The van der Waals surface area contributed by atoms with Crippen molar-refractivity contribution in [2.75, 3.05) is 18.6 Å². The zero-order chi connectivity index (χ0) is 11.3. The number of aromatic nitrogens is 3. The van der Waals surface area contributed by atoms with Crippen molar-refractivity contribution in [1.29, 1.82) is 0 Å². The second kappa shape index (κ2) is 6.50. The van der Waals surface area contributed by atoms with Gasteiger partial charge in [0.2, 0.25) is 0 Å². The summed E-state index contributed by atoms with van der Waals surface area (Å²) in [5, 5.41) is 11.3. The second-order valence-corrected chi connectivity index (χ2v) is 5.21. The van der Waals surface area contributed by atoms with Crippen LogP contribution in [0.4, 0.5) is 0 Å². The van der Waals surface area contributed by atoms with E-state index in [0.717, 1.165) is 16.0 Å². The fourth-order valence-electron chi connectivity index (χ4n) is 1.35. The van der Waals surface area contributed by atoms with Crippen molar-refractivity contribution in [3.05, 3.63) is 10.3 Å². The van der Waals surface area contributed by atoms with Gasteiger partial charge < -0.3 is 5.32 Å². The molecular formula is C9H17BrN4S. The molecule has 0 amide bonds. The monoisotopic (exact) mass is 292 g/mol. The number of hydrogen-bond donors (Lipinski definition) is 1. The molecule has 86 valence electrons. The standard InChI is InChI=1S/C9H17BrN4S/c1-4-5-15-6-7(11-2)8-9(10)12-13-14(8)3/h7,11H,4-6H2,1-3H3. The highest BCUT2D eigenvalue weighted by Gasteiger charge is 2.18. The van der Waals surface area contributed by atoms with Gasteiger partial charge in [-0.2, -0.15) is 11.8 Å². The first-order valence-electron chi connectivity index (χ1n) is 5.00. The maximum absolute atomic E-state index is 3.99. The fraction of sp³-hybridized carbons (Fsp3) is 0.778. The van der Waals surface area contributed by atoms with Crippen LogP contribution in [0.25, 0.3) is 0 Å². The van der Waals surface area contributed by atoms with Gasteiger partial charge in [-0.05, 0) is 35.2 Å². The lowest BCUT2D eigenvalue weighted by atomic mass is 10.2. The van der Waals surface area contributed by atoms with Crippen LogP contribution in [0.5, 0.6) is 0 Å². The van der Waals surface area contributed by atoms with Crippen LogP contribution in [0, 0.1) is 0 Å². The van der Waals surface area contributed by atoms with Crippen LogP contribution in [0.2, 0.25) is 0 Å². The van der Waals surface area contributed by atoms with Gasteiger partial charge in [-0.1, -0.05) is 12.1 Å². The van der Waals surface area contributed by atoms with Gasteiger partial charge in [-0.15, -0.1) is 5.10 Å². The van der Waals surface area contributed by atoms with Crippen LogP contribution >= 0.6 is 27.7 Å². The molecule has 1 aromatic rings. The molecule has 4 nitrogen and oxygen atoms in total. The molecule has 0 aliphatic rings. The van der Waals surface area contributed by atoms with E-state index in [9.17, 15) is 0 Å². The van der Waals surface area contributed by atoms with Crippen LogP contribution in [0.15, 0.2) is 4.60 Å². The Bertz CT molecular complexity index is 283. The highest BCUT2D eigenvalue weighted by Crippen LogP contribution is 2.23. The Morgan fingerprint density at radius 1 is 1.60 bits per heavy atom.